The second-order valence-electron chi connectivity index (χ2n) is 6.61. The summed E-state index contributed by atoms with van der Waals surface area (Å²) in [7, 11) is 2.06. The first kappa shape index (κ1) is 14.8. The van der Waals surface area contributed by atoms with Crippen LogP contribution >= 0.6 is 0 Å². The van der Waals surface area contributed by atoms with Crippen molar-refractivity contribution in [1.29, 1.82) is 0 Å². The number of aryl methyl sites for hydroxylation is 1. The highest BCUT2D eigenvalue weighted by Crippen LogP contribution is 2.37. The second kappa shape index (κ2) is 5.43. The maximum atomic E-state index is 11.0. The van der Waals surface area contributed by atoms with Gasteiger partial charge in [-0.05, 0) is 50.2 Å². The predicted octanol–water partition coefficient (Wildman–Crippen LogP) is 3.49. The van der Waals surface area contributed by atoms with Gasteiger partial charge in [0.2, 0.25) is 0 Å². The number of nitrogens with zero attached hydrogens (tertiary/aromatic N) is 2. The molecule has 1 N–H and O–H groups in total. The summed E-state index contributed by atoms with van der Waals surface area (Å²) in [6.07, 6.45) is 4.80. The van der Waals surface area contributed by atoms with Gasteiger partial charge in [-0.1, -0.05) is 13.8 Å². The van der Waals surface area contributed by atoms with E-state index < -0.39 is 5.97 Å². The number of carboxylic acid groups (broad SMARTS) is 1. The van der Waals surface area contributed by atoms with Crippen molar-refractivity contribution >= 4 is 11.8 Å². The molecule has 1 aliphatic carbocycles. The minimum atomic E-state index is -0.913. The first-order valence-electron chi connectivity index (χ1n) is 7.24. The number of hydrogen-bond donors (Lipinski definition) is 1. The standard InChI is InChI=1S/C16H24N2O2/c1-11-13(15(19)20)5-6-14(17-11)18(4)12-7-9-16(2,3)10-8-12/h5-6,12H,7-10H2,1-4H3,(H,19,20). The lowest BCUT2D eigenvalue weighted by Gasteiger charge is -2.39. The highest BCUT2D eigenvalue weighted by Gasteiger charge is 2.29. The van der Waals surface area contributed by atoms with Gasteiger partial charge >= 0.3 is 5.97 Å². The molecule has 1 aromatic rings. The van der Waals surface area contributed by atoms with Crippen molar-refractivity contribution in [1.82, 2.24) is 4.98 Å². The van der Waals surface area contributed by atoms with Crippen molar-refractivity contribution in [3.63, 3.8) is 0 Å². The van der Waals surface area contributed by atoms with Crippen LogP contribution in [0.5, 0.6) is 0 Å². The molecular formula is C16H24N2O2. The van der Waals surface area contributed by atoms with Crippen LogP contribution in [0, 0.1) is 12.3 Å². The van der Waals surface area contributed by atoms with E-state index in [2.05, 4.69) is 30.8 Å². The molecule has 20 heavy (non-hydrogen) atoms. The number of aromatic carboxylic acids is 1. The third-order valence-corrected chi connectivity index (χ3v) is 4.52. The molecule has 0 aliphatic heterocycles. The lowest BCUT2D eigenvalue weighted by Crippen LogP contribution is -2.37. The molecule has 0 radical (unpaired) electrons. The number of carbonyl (C=O) groups is 1. The third kappa shape index (κ3) is 3.11. The monoisotopic (exact) mass is 276 g/mol. The molecule has 0 aromatic carbocycles. The molecule has 1 saturated carbocycles. The Labute approximate surface area is 120 Å². The fourth-order valence-electron chi connectivity index (χ4n) is 2.93. The smallest absolute Gasteiger partial charge is 0.337 e. The van der Waals surface area contributed by atoms with E-state index in [0.717, 1.165) is 5.82 Å². The van der Waals surface area contributed by atoms with Crippen LogP contribution in [-0.2, 0) is 0 Å². The summed E-state index contributed by atoms with van der Waals surface area (Å²) < 4.78 is 0. The SMILES string of the molecule is Cc1nc(N(C)C2CCC(C)(C)CC2)ccc1C(=O)O. The summed E-state index contributed by atoms with van der Waals surface area (Å²) >= 11 is 0. The lowest BCUT2D eigenvalue weighted by molar-refractivity contribution is 0.0695. The summed E-state index contributed by atoms with van der Waals surface area (Å²) in [5, 5.41) is 9.05. The highest BCUT2D eigenvalue weighted by atomic mass is 16.4. The molecule has 0 atom stereocenters. The molecule has 0 amide bonds. The quantitative estimate of drug-likeness (QED) is 0.918. The summed E-state index contributed by atoms with van der Waals surface area (Å²) in [6.45, 7) is 6.41. The Morgan fingerprint density at radius 2 is 1.95 bits per heavy atom. The number of rotatable bonds is 3. The second-order valence-corrected chi connectivity index (χ2v) is 6.61. The summed E-state index contributed by atoms with van der Waals surface area (Å²) in [5.41, 5.74) is 1.32. The Morgan fingerprint density at radius 1 is 1.35 bits per heavy atom. The van der Waals surface area contributed by atoms with Gasteiger partial charge in [0.25, 0.3) is 0 Å². The van der Waals surface area contributed by atoms with E-state index in [0.29, 0.717) is 17.2 Å². The molecule has 1 fully saturated rings. The molecule has 2 rings (SSSR count). The average molecular weight is 276 g/mol. The fraction of sp³-hybridized carbons (Fsp3) is 0.625. The van der Waals surface area contributed by atoms with Crippen LogP contribution in [0.3, 0.4) is 0 Å². The van der Waals surface area contributed by atoms with Gasteiger partial charge in [0.05, 0.1) is 11.3 Å². The molecule has 110 valence electrons. The molecule has 0 saturated heterocycles. The number of anilines is 1. The van der Waals surface area contributed by atoms with E-state index in [4.69, 9.17) is 5.11 Å². The average Bonchev–Trinajstić information content (AvgIpc) is 2.37. The Morgan fingerprint density at radius 3 is 2.45 bits per heavy atom. The van der Waals surface area contributed by atoms with Gasteiger partial charge in [-0.2, -0.15) is 0 Å². The van der Waals surface area contributed by atoms with Crippen molar-refractivity contribution in [3.8, 4) is 0 Å². The molecule has 0 unspecified atom stereocenters. The third-order valence-electron chi connectivity index (χ3n) is 4.52. The van der Waals surface area contributed by atoms with Gasteiger partial charge in [-0.25, -0.2) is 9.78 Å². The van der Waals surface area contributed by atoms with Gasteiger partial charge in [0.15, 0.2) is 0 Å². The molecule has 1 heterocycles. The topological polar surface area (TPSA) is 53.4 Å². The van der Waals surface area contributed by atoms with Gasteiger partial charge in [-0.3, -0.25) is 0 Å². The predicted molar refractivity (Wildman–Crippen MR) is 80.4 cm³/mol. The Balaban J connectivity index is 2.12. The van der Waals surface area contributed by atoms with Gasteiger partial charge < -0.3 is 10.0 Å². The minimum Gasteiger partial charge on any atom is -0.478 e. The molecule has 4 heteroatoms. The lowest BCUT2D eigenvalue weighted by atomic mass is 9.75. The summed E-state index contributed by atoms with van der Waals surface area (Å²) in [6, 6.07) is 3.98. The number of hydrogen-bond acceptors (Lipinski definition) is 3. The van der Waals surface area contributed by atoms with Crippen LogP contribution in [0.15, 0.2) is 12.1 Å². The number of aromatic nitrogens is 1. The van der Waals surface area contributed by atoms with Crippen LogP contribution in [0.4, 0.5) is 5.82 Å². The van der Waals surface area contributed by atoms with E-state index in [-0.39, 0.29) is 5.56 Å². The first-order valence-corrected chi connectivity index (χ1v) is 7.24. The van der Waals surface area contributed by atoms with Crippen LogP contribution < -0.4 is 4.90 Å². The minimum absolute atomic E-state index is 0.284. The maximum absolute atomic E-state index is 11.0. The van der Waals surface area contributed by atoms with Crippen LogP contribution in [-0.4, -0.2) is 29.1 Å². The Kier molecular flexibility index (Phi) is 4.02. The van der Waals surface area contributed by atoms with Crippen molar-refractivity contribution in [3.05, 3.63) is 23.4 Å². The van der Waals surface area contributed by atoms with E-state index in [1.165, 1.54) is 25.7 Å². The Hall–Kier alpha value is -1.58. The largest absolute Gasteiger partial charge is 0.478 e. The highest BCUT2D eigenvalue weighted by molar-refractivity contribution is 5.89. The van der Waals surface area contributed by atoms with E-state index >= 15 is 0 Å². The number of carboxylic acids is 1. The zero-order valence-corrected chi connectivity index (χ0v) is 12.8. The zero-order valence-electron chi connectivity index (χ0n) is 12.8. The maximum Gasteiger partial charge on any atom is 0.337 e. The summed E-state index contributed by atoms with van der Waals surface area (Å²) in [5.74, 6) is -0.0409. The van der Waals surface area contributed by atoms with Crippen LogP contribution in [0.25, 0.3) is 0 Å². The summed E-state index contributed by atoms with van der Waals surface area (Å²) in [4.78, 5) is 17.7. The van der Waals surface area contributed by atoms with E-state index in [1.54, 1.807) is 13.0 Å². The van der Waals surface area contributed by atoms with E-state index in [1.807, 2.05) is 6.07 Å². The normalized spacial score (nSPS) is 18.8. The van der Waals surface area contributed by atoms with Crippen LogP contribution in [0.1, 0.15) is 55.6 Å². The fourth-order valence-corrected chi connectivity index (χ4v) is 2.93. The molecule has 1 aliphatic rings. The van der Waals surface area contributed by atoms with Crippen molar-refractivity contribution in [2.24, 2.45) is 5.41 Å². The number of pyridine rings is 1. The van der Waals surface area contributed by atoms with Gasteiger partial charge in [-0.15, -0.1) is 0 Å². The van der Waals surface area contributed by atoms with E-state index in [9.17, 15) is 4.79 Å². The van der Waals surface area contributed by atoms with Gasteiger partial charge in [0, 0.05) is 13.1 Å². The van der Waals surface area contributed by atoms with Crippen LogP contribution in [0.2, 0.25) is 0 Å². The molecular weight excluding hydrogens is 252 g/mol. The van der Waals surface area contributed by atoms with Gasteiger partial charge in [0.1, 0.15) is 5.82 Å². The molecule has 0 spiro atoms. The molecule has 1 aromatic heterocycles. The first-order chi connectivity index (χ1) is 9.30. The van der Waals surface area contributed by atoms with Crippen molar-refractivity contribution in [2.75, 3.05) is 11.9 Å². The molecule has 0 bridgehead atoms. The molecule has 4 nitrogen and oxygen atoms in total. The zero-order chi connectivity index (χ0) is 14.9. The van der Waals surface area contributed by atoms with Crippen molar-refractivity contribution < 1.29 is 9.90 Å². The Bertz CT molecular complexity index is 501. The van der Waals surface area contributed by atoms with Crippen molar-refractivity contribution in [2.45, 2.75) is 52.5 Å².